The number of hydroxylamine groups is 2. The lowest BCUT2D eigenvalue weighted by molar-refractivity contribution is -0.164. The maximum atomic E-state index is 12.3. The van der Waals surface area contributed by atoms with Crippen molar-refractivity contribution in [1.82, 2.24) is 5.06 Å². The number of carbonyl (C=O) groups is 1. The third-order valence-corrected chi connectivity index (χ3v) is 6.74. The van der Waals surface area contributed by atoms with Crippen molar-refractivity contribution in [1.29, 1.82) is 0 Å². The van der Waals surface area contributed by atoms with Crippen LogP contribution in [0.5, 0.6) is 11.5 Å². The Balaban J connectivity index is 1.46. The number of ether oxygens (including phenoxy) is 2. The highest BCUT2D eigenvalue weighted by molar-refractivity contribution is 5.93. The zero-order valence-corrected chi connectivity index (χ0v) is 17.1. The van der Waals surface area contributed by atoms with E-state index < -0.39 is 0 Å². The molecule has 0 spiro atoms. The number of likely N-dealkylation sites (N-methyl/N-ethyl adjacent to an activating group) is 1. The first-order valence-electron chi connectivity index (χ1n) is 10.5. The van der Waals surface area contributed by atoms with Crippen LogP contribution in [0.3, 0.4) is 0 Å². The number of hydrogen-bond acceptors (Lipinski definition) is 4. The number of methoxy groups -OCH3 is 1. The number of carbonyl (C=O) groups excluding carboxylic acids is 1. The van der Waals surface area contributed by atoms with E-state index in [2.05, 4.69) is 18.2 Å². The van der Waals surface area contributed by atoms with E-state index in [0.717, 1.165) is 49.2 Å². The normalized spacial score (nSPS) is 26.8. The summed E-state index contributed by atoms with van der Waals surface area (Å²) >= 11 is 0. The van der Waals surface area contributed by atoms with Gasteiger partial charge >= 0.3 is 0 Å². The quantitative estimate of drug-likeness (QED) is 0.678. The summed E-state index contributed by atoms with van der Waals surface area (Å²) in [4.78, 5) is 17.4. The third kappa shape index (κ3) is 3.77. The van der Waals surface area contributed by atoms with Crippen LogP contribution in [0.1, 0.15) is 56.4 Å². The second kappa shape index (κ2) is 8.16. The molecule has 0 aromatic heterocycles. The maximum absolute atomic E-state index is 12.3. The summed E-state index contributed by atoms with van der Waals surface area (Å²) in [5.74, 6) is 3.25. The molecule has 0 bridgehead atoms. The molecule has 5 nitrogen and oxygen atoms in total. The van der Waals surface area contributed by atoms with Gasteiger partial charge in [-0.25, -0.2) is 5.06 Å². The Morgan fingerprint density at radius 1 is 1.11 bits per heavy atom. The van der Waals surface area contributed by atoms with Gasteiger partial charge in [-0.2, -0.15) is 0 Å². The van der Waals surface area contributed by atoms with Crippen molar-refractivity contribution in [3.05, 3.63) is 35.4 Å². The van der Waals surface area contributed by atoms with E-state index in [0.29, 0.717) is 23.9 Å². The van der Waals surface area contributed by atoms with E-state index in [1.807, 2.05) is 6.07 Å². The molecule has 0 saturated heterocycles. The van der Waals surface area contributed by atoms with E-state index >= 15 is 0 Å². The molecule has 0 radical (unpaired) electrons. The van der Waals surface area contributed by atoms with Crippen molar-refractivity contribution < 1.29 is 19.1 Å². The molecule has 1 aromatic rings. The minimum atomic E-state index is -0.00912. The molecule has 28 heavy (non-hydrogen) atoms. The van der Waals surface area contributed by atoms with E-state index in [-0.39, 0.29) is 5.91 Å². The van der Waals surface area contributed by atoms with E-state index in [4.69, 9.17) is 14.3 Å². The van der Waals surface area contributed by atoms with Gasteiger partial charge in [-0.1, -0.05) is 12.1 Å². The fraction of sp³-hybridized carbons (Fsp3) is 0.609. The van der Waals surface area contributed by atoms with Crippen molar-refractivity contribution in [3.63, 3.8) is 0 Å². The van der Waals surface area contributed by atoms with Crippen molar-refractivity contribution >= 4 is 5.91 Å². The van der Waals surface area contributed by atoms with Crippen LogP contribution in [0.25, 0.3) is 0 Å². The van der Waals surface area contributed by atoms with Crippen molar-refractivity contribution in [2.75, 3.05) is 21.3 Å². The Bertz CT molecular complexity index is 753. The lowest BCUT2D eigenvalue weighted by Gasteiger charge is -2.19. The lowest BCUT2D eigenvalue weighted by atomic mass is 9.94. The van der Waals surface area contributed by atoms with Gasteiger partial charge in [0.15, 0.2) is 11.5 Å². The zero-order valence-electron chi connectivity index (χ0n) is 17.1. The summed E-state index contributed by atoms with van der Waals surface area (Å²) in [6, 6.07) is 6.42. The fourth-order valence-electron chi connectivity index (χ4n) is 5.15. The highest BCUT2D eigenvalue weighted by Crippen LogP contribution is 2.50. The molecule has 2 saturated carbocycles. The van der Waals surface area contributed by atoms with Gasteiger partial charge in [-0.05, 0) is 80.4 Å². The van der Waals surface area contributed by atoms with Crippen LogP contribution in [-0.4, -0.2) is 38.3 Å². The molecule has 0 aliphatic heterocycles. The number of benzene rings is 1. The summed E-state index contributed by atoms with van der Waals surface area (Å²) < 4.78 is 11.8. The average Bonchev–Trinajstić information content (AvgIpc) is 3.43. The van der Waals surface area contributed by atoms with Crippen LogP contribution >= 0.6 is 0 Å². The second-order valence-electron chi connectivity index (χ2n) is 8.41. The summed E-state index contributed by atoms with van der Waals surface area (Å²) in [5.41, 5.74) is 2.23. The van der Waals surface area contributed by atoms with Crippen LogP contribution in [-0.2, 0) is 9.63 Å². The van der Waals surface area contributed by atoms with Crippen molar-refractivity contribution in [2.24, 2.45) is 11.8 Å². The van der Waals surface area contributed by atoms with Gasteiger partial charge in [-0.3, -0.25) is 9.63 Å². The van der Waals surface area contributed by atoms with Gasteiger partial charge in [0.25, 0.3) is 5.91 Å². The molecule has 152 valence electrons. The number of nitrogens with zero attached hydrogens (tertiary/aromatic N) is 1. The summed E-state index contributed by atoms with van der Waals surface area (Å²) in [6.45, 7) is 0. The summed E-state index contributed by atoms with van der Waals surface area (Å²) in [6.07, 6.45) is 10.3. The topological polar surface area (TPSA) is 48.0 Å². The Morgan fingerprint density at radius 2 is 1.89 bits per heavy atom. The Morgan fingerprint density at radius 3 is 2.57 bits per heavy atom. The molecule has 0 unspecified atom stereocenters. The van der Waals surface area contributed by atoms with Crippen LogP contribution in [0, 0.1) is 11.8 Å². The molecular weight excluding hydrogens is 354 g/mol. The van der Waals surface area contributed by atoms with Gasteiger partial charge in [-0.15, -0.1) is 0 Å². The average molecular weight is 386 g/mol. The molecule has 5 heteroatoms. The first-order chi connectivity index (χ1) is 13.6. The summed E-state index contributed by atoms with van der Waals surface area (Å²) in [7, 11) is 4.90. The standard InChI is InChI=1S/C23H31NO4/c1-24(27-3)23(25)19-12-17-10-16(11-18(17)13-19)15-8-9-21(26-2)22(14-15)28-20-6-4-5-7-20/h8-9,12,14,16-18,20H,4-7,10-11,13H2,1-3H3/t16-,17+,18-/m1/s1. The Labute approximate surface area is 167 Å². The van der Waals surface area contributed by atoms with Gasteiger partial charge in [0.2, 0.25) is 0 Å². The molecule has 4 rings (SSSR count). The number of fused-ring (bicyclic) bond motifs is 1. The monoisotopic (exact) mass is 385 g/mol. The van der Waals surface area contributed by atoms with Gasteiger partial charge in [0.05, 0.1) is 20.3 Å². The van der Waals surface area contributed by atoms with Crippen LogP contribution in [0.15, 0.2) is 29.8 Å². The summed E-state index contributed by atoms with van der Waals surface area (Å²) in [5, 5.41) is 1.32. The minimum Gasteiger partial charge on any atom is -0.493 e. The van der Waals surface area contributed by atoms with Gasteiger partial charge < -0.3 is 9.47 Å². The molecule has 0 heterocycles. The number of amides is 1. The molecule has 1 aromatic carbocycles. The number of hydrogen-bond donors (Lipinski definition) is 0. The molecule has 2 fully saturated rings. The van der Waals surface area contributed by atoms with Crippen molar-refractivity contribution in [2.45, 2.75) is 57.0 Å². The van der Waals surface area contributed by atoms with E-state index in [1.54, 1.807) is 14.2 Å². The Hall–Kier alpha value is -2.01. The highest BCUT2D eigenvalue weighted by atomic mass is 16.7. The SMILES string of the molecule is COc1ccc([C@H]2C[C@@H]3CC(C(=O)N(C)OC)=C[C@@H]3C2)cc1OC1CCCC1. The van der Waals surface area contributed by atoms with Crippen LogP contribution < -0.4 is 9.47 Å². The molecule has 1 amide bonds. The predicted molar refractivity (Wildman–Crippen MR) is 107 cm³/mol. The molecular formula is C23H31NO4. The minimum absolute atomic E-state index is 0.00912. The lowest BCUT2D eigenvalue weighted by Crippen LogP contribution is -2.26. The number of allylic oxidation sites excluding steroid dienone is 1. The van der Waals surface area contributed by atoms with Crippen LogP contribution in [0.2, 0.25) is 0 Å². The van der Waals surface area contributed by atoms with Gasteiger partial charge in [0.1, 0.15) is 0 Å². The zero-order chi connectivity index (χ0) is 19.7. The highest BCUT2D eigenvalue weighted by Gasteiger charge is 2.40. The molecule has 3 atom stereocenters. The second-order valence-corrected chi connectivity index (χ2v) is 8.41. The molecule has 3 aliphatic rings. The third-order valence-electron chi connectivity index (χ3n) is 6.74. The fourth-order valence-corrected chi connectivity index (χ4v) is 5.15. The maximum Gasteiger partial charge on any atom is 0.272 e. The largest absolute Gasteiger partial charge is 0.493 e. The van der Waals surface area contributed by atoms with Crippen molar-refractivity contribution in [3.8, 4) is 11.5 Å². The molecule has 0 N–H and O–H groups in total. The van der Waals surface area contributed by atoms with E-state index in [9.17, 15) is 4.79 Å². The number of rotatable bonds is 6. The van der Waals surface area contributed by atoms with Gasteiger partial charge in [0, 0.05) is 12.6 Å². The first kappa shape index (κ1) is 19.3. The Kier molecular flexibility index (Phi) is 5.63. The predicted octanol–water partition coefficient (Wildman–Crippen LogP) is 4.48. The smallest absolute Gasteiger partial charge is 0.272 e. The van der Waals surface area contributed by atoms with E-state index in [1.165, 1.54) is 30.6 Å². The first-order valence-corrected chi connectivity index (χ1v) is 10.5. The van der Waals surface area contributed by atoms with Crippen LogP contribution in [0.4, 0.5) is 0 Å². The molecule has 3 aliphatic carbocycles.